The van der Waals surface area contributed by atoms with E-state index in [1.807, 2.05) is 6.92 Å². The van der Waals surface area contributed by atoms with E-state index >= 15 is 0 Å². The minimum Gasteiger partial charge on any atom is -0.462 e. The average molecular weight is 404 g/mol. The van der Waals surface area contributed by atoms with Crippen molar-refractivity contribution in [2.45, 2.75) is 37.7 Å². The second kappa shape index (κ2) is 8.75. The maximum Gasteiger partial charge on any atom is 0.338 e. The van der Waals surface area contributed by atoms with Gasteiger partial charge in [-0.2, -0.15) is 0 Å². The molecule has 3 rings (SSSR count). The molecule has 0 aliphatic carbocycles. The molecule has 7 heteroatoms. The van der Waals surface area contributed by atoms with Gasteiger partial charge < -0.3 is 9.47 Å². The van der Waals surface area contributed by atoms with Crippen LogP contribution in [0.5, 0.6) is 0 Å². The summed E-state index contributed by atoms with van der Waals surface area (Å²) in [7, 11) is -3.72. The van der Waals surface area contributed by atoms with Crippen molar-refractivity contribution in [1.82, 2.24) is 0 Å². The van der Waals surface area contributed by atoms with Crippen LogP contribution < -0.4 is 4.31 Å². The third-order valence-corrected chi connectivity index (χ3v) is 6.41. The number of carbonyl (C=O) groups excluding carboxylic acids is 1. The van der Waals surface area contributed by atoms with E-state index < -0.39 is 16.0 Å². The average Bonchev–Trinajstić information content (AvgIpc) is 3.50. The van der Waals surface area contributed by atoms with Gasteiger partial charge in [-0.05, 0) is 63.1 Å². The molecule has 0 radical (unpaired) electrons. The quantitative estimate of drug-likeness (QED) is 0.473. The Morgan fingerprint density at radius 3 is 2.36 bits per heavy atom. The molecule has 1 aliphatic rings. The first-order chi connectivity index (χ1) is 13.4. The van der Waals surface area contributed by atoms with Gasteiger partial charge in [-0.1, -0.05) is 17.7 Å². The maximum atomic E-state index is 13.3. The van der Waals surface area contributed by atoms with Gasteiger partial charge in [0.1, 0.15) is 0 Å². The Morgan fingerprint density at radius 2 is 1.79 bits per heavy atom. The van der Waals surface area contributed by atoms with E-state index in [0.717, 1.165) is 18.6 Å². The van der Waals surface area contributed by atoms with Gasteiger partial charge in [-0.3, -0.25) is 4.31 Å². The fourth-order valence-electron chi connectivity index (χ4n) is 2.90. The number of hydrogen-bond donors (Lipinski definition) is 0. The molecule has 1 aliphatic heterocycles. The third kappa shape index (κ3) is 4.91. The SMILES string of the molecule is CCOC(=O)c1ccc(N(CCC[C@H]2CO2)S(=O)(=O)c2ccc(C)cc2)cc1. The second-order valence-electron chi connectivity index (χ2n) is 6.76. The lowest BCUT2D eigenvalue weighted by Gasteiger charge is -2.25. The van der Waals surface area contributed by atoms with Crippen LogP contribution in [-0.4, -0.2) is 40.2 Å². The summed E-state index contributed by atoms with van der Waals surface area (Å²) < 4.78 is 38.1. The lowest BCUT2D eigenvalue weighted by atomic mass is 10.2. The molecular formula is C21H25NO5S. The predicted molar refractivity (Wildman–Crippen MR) is 107 cm³/mol. The lowest BCUT2D eigenvalue weighted by molar-refractivity contribution is 0.0526. The van der Waals surface area contributed by atoms with Crippen LogP contribution >= 0.6 is 0 Å². The second-order valence-corrected chi connectivity index (χ2v) is 8.62. The number of sulfonamides is 1. The van der Waals surface area contributed by atoms with Gasteiger partial charge in [-0.15, -0.1) is 0 Å². The summed E-state index contributed by atoms with van der Waals surface area (Å²) in [6.07, 6.45) is 1.76. The van der Waals surface area contributed by atoms with E-state index in [0.29, 0.717) is 24.2 Å². The Balaban J connectivity index is 1.87. The van der Waals surface area contributed by atoms with Gasteiger partial charge in [0.25, 0.3) is 10.0 Å². The molecule has 0 unspecified atom stereocenters. The minimum atomic E-state index is -3.72. The van der Waals surface area contributed by atoms with Crippen molar-refractivity contribution in [3.05, 3.63) is 59.7 Å². The highest BCUT2D eigenvalue weighted by Crippen LogP contribution is 2.26. The van der Waals surface area contributed by atoms with Crippen molar-refractivity contribution in [1.29, 1.82) is 0 Å². The fraction of sp³-hybridized carbons (Fsp3) is 0.381. The summed E-state index contributed by atoms with van der Waals surface area (Å²) >= 11 is 0. The summed E-state index contributed by atoms with van der Waals surface area (Å²) in [5.41, 5.74) is 1.91. The van der Waals surface area contributed by atoms with Gasteiger partial charge in [0.2, 0.25) is 0 Å². The van der Waals surface area contributed by atoms with Crippen LogP contribution in [0.3, 0.4) is 0 Å². The molecule has 0 spiro atoms. The number of esters is 1. The van der Waals surface area contributed by atoms with E-state index in [2.05, 4.69) is 0 Å². The molecule has 0 amide bonds. The van der Waals surface area contributed by atoms with Gasteiger partial charge >= 0.3 is 5.97 Å². The largest absolute Gasteiger partial charge is 0.462 e. The Morgan fingerprint density at radius 1 is 1.14 bits per heavy atom. The van der Waals surface area contributed by atoms with E-state index in [-0.39, 0.29) is 17.6 Å². The van der Waals surface area contributed by atoms with Crippen molar-refractivity contribution in [2.75, 3.05) is 24.1 Å². The van der Waals surface area contributed by atoms with Crippen molar-refractivity contribution in [2.24, 2.45) is 0 Å². The number of rotatable bonds is 9. The van der Waals surface area contributed by atoms with Gasteiger partial charge in [0.05, 0.1) is 35.5 Å². The summed E-state index contributed by atoms with van der Waals surface area (Å²) in [6, 6.07) is 13.3. The summed E-state index contributed by atoms with van der Waals surface area (Å²) in [6.45, 7) is 5.04. The standard InChI is InChI=1S/C21H25NO5S/c1-3-26-21(23)17-8-10-18(11-9-17)22(14-4-5-19-15-27-19)28(24,25)20-12-6-16(2)7-13-20/h6-13,19H,3-5,14-15H2,1-2H3/t19-/m0/s1. The van der Waals surface area contributed by atoms with E-state index in [4.69, 9.17) is 9.47 Å². The van der Waals surface area contributed by atoms with Crippen LogP contribution in [0.15, 0.2) is 53.4 Å². The molecule has 1 heterocycles. The van der Waals surface area contributed by atoms with Crippen LogP contribution in [0.25, 0.3) is 0 Å². The number of epoxide rings is 1. The van der Waals surface area contributed by atoms with E-state index in [1.165, 1.54) is 4.31 Å². The zero-order chi connectivity index (χ0) is 20.1. The van der Waals surface area contributed by atoms with Crippen molar-refractivity contribution in [3.63, 3.8) is 0 Å². The Kier molecular flexibility index (Phi) is 6.36. The molecule has 1 fully saturated rings. The molecule has 2 aromatic rings. The Labute approximate surface area is 166 Å². The van der Waals surface area contributed by atoms with E-state index in [1.54, 1.807) is 55.5 Å². The number of benzene rings is 2. The molecule has 0 N–H and O–H groups in total. The number of nitrogens with zero attached hydrogens (tertiary/aromatic N) is 1. The van der Waals surface area contributed by atoms with Gasteiger partial charge in [0.15, 0.2) is 0 Å². The van der Waals surface area contributed by atoms with Gasteiger partial charge in [0, 0.05) is 6.54 Å². The fourth-order valence-corrected chi connectivity index (χ4v) is 4.40. The van der Waals surface area contributed by atoms with E-state index in [9.17, 15) is 13.2 Å². The number of anilines is 1. The number of carbonyl (C=O) groups is 1. The molecule has 2 aromatic carbocycles. The molecule has 0 saturated carbocycles. The molecular weight excluding hydrogens is 378 g/mol. The highest BCUT2D eigenvalue weighted by molar-refractivity contribution is 7.92. The molecule has 1 atom stereocenters. The number of ether oxygens (including phenoxy) is 2. The van der Waals surface area contributed by atoms with Crippen molar-refractivity contribution in [3.8, 4) is 0 Å². The third-order valence-electron chi connectivity index (χ3n) is 4.57. The van der Waals surface area contributed by atoms with Crippen LogP contribution in [-0.2, 0) is 19.5 Å². The molecule has 6 nitrogen and oxygen atoms in total. The van der Waals surface area contributed by atoms with Crippen molar-refractivity contribution < 1.29 is 22.7 Å². The minimum absolute atomic E-state index is 0.245. The van der Waals surface area contributed by atoms with Crippen LogP contribution in [0.4, 0.5) is 5.69 Å². The zero-order valence-electron chi connectivity index (χ0n) is 16.1. The van der Waals surface area contributed by atoms with Crippen LogP contribution in [0.1, 0.15) is 35.7 Å². The molecule has 1 saturated heterocycles. The summed E-state index contributed by atoms with van der Waals surface area (Å²) in [4.78, 5) is 12.1. The smallest absolute Gasteiger partial charge is 0.338 e. The first kappa shape index (κ1) is 20.4. The predicted octanol–water partition coefficient (Wildman–Crippen LogP) is 3.55. The lowest BCUT2D eigenvalue weighted by Crippen LogP contribution is -2.32. The highest BCUT2D eigenvalue weighted by Gasteiger charge is 2.27. The maximum absolute atomic E-state index is 13.3. The first-order valence-corrected chi connectivity index (χ1v) is 10.8. The van der Waals surface area contributed by atoms with Crippen molar-refractivity contribution >= 4 is 21.7 Å². The Bertz CT molecular complexity index is 903. The topological polar surface area (TPSA) is 76.2 Å². The van der Waals surface area contributed by atoms with Gasteiger partial charge in [-0.25, -0.2) is 13.2 Å². The first-order valence-electron chi connectivity index (χ1n) is 9.40. The van der Waals surface area contributed by atoms with Crippen LogP contribution in [0, 0.1) is 6.92 Å². The summed E-state index contributed by atoms with van der Waals surface area (Å²) in [5.74, 6) is -0.423. The molecule has 0 aromatic heterocycles. The highest BCUT2D eigenvalue weighted by atomic mass is 32.2. The molecule has 28 heavy (non-hydrogen) atoms. The monoisotopic (exact) mass is 403 g/mol. The molecule has 150 valence electrons. The van der Waals surface area contributed by atoms with Crippen LogP contribution in [0.2, 0.25) is 0 Å². The molecule has 0 bridgehead atoms. The zero-order valence-corrected chi connectivity index (χ0v) is 16.9. The Hall–Kier alpha value is -2.38. The summed E-state index contributed by atoms with van der Waals surface area (Å²) in [5, 5.41) is 0. The number of aryl methyl sites for hydroxylation is 1. The normalized spacial score (nSPS) is 15.9. The number of hydrogen-bond acceptors (Lipinski definition) is 5.